The summed E-state index contributed by atoms with van der Waals surface area (Å²) in [5, 5.41) is 23.8. The first-order chi connectivity index (χ1) is 23.5. The number of hydrogen-bond acceptors (Lipinski definition) is 6. The molecule has 0 fully saturated rings. The third-order valence-corrected chi connectivity index (χ3v) is 12.1. The lowest BCUT2D eigenvalue weighted by molar-refractivity contribution is 0.0974. The number of phenolic OH excluding ortho intramolecular Hbond substituents is 2. The summed E-state index contributed by atoms with van der Waals surface area (Å²) in [4.78, 5) is 29.1. The van der Waals surface area contributed by atoms with Crippen LogP contribution in [0.15, 0.2) is 46.2 Å². The van der Waals surface area contributed by atoms with E-state index in [1.54, 1.807) is 47.8 Å². The highest BCUT2D eigenvalue weighted by atomic mass is 32.2. The summed E-state index contributed by atoms with van der Waals surface area (Å²) in [7, 11) is 0. The van der Waals surface area contributed by atoms with E-state index in [2.05, 4.69) is 13.8 Å². The van der Waals surface area contributed by atoms with Gasteiger partial charge < -0.3 is 10.2 Å². The molecule has 3 aromatic rings. The monoisotopic (exact) mass is 690 g/mol. The lowest BCUT2D eigenvalue weighted by Crippen LogP contribution is -2.21. The van der Waals surface area contributed by atoms with Gasteiger partial charge in [0.15, 0.2) is 11.6 Å². The smallest absolute Gasteiger partial charge is 0.198 e. The van der Waals surface area contributed by atoms with Gasteiger partial charge in [-0.2, -0.15) is 0 Å². The van der Waals surface area contributed by atoms with Crippen molar-refractivity contribution in [3.8, 4) is 11.5 Å². The number of unbranched alkanes of at least 4 members (excludes halogenated alkanes) is 18. The van der Waals surface area contributed by atoms with E-state index in [4.69, 9.17) is 0 Å². The van der Waals surface area contributed by atoms with E-state index >= 15 is 0 Å². The molecule has 0 bridgehead atoms. The molecule has 0 saturated heterocycles. The van der Waals surface area contributed by atoms with Crippen molar-refractivity contribution in [2.75, 3.05) is 11.5 Å². The van der Waals surface area contributed by atoms with Crippen LogP contribution in [0.5, 0.6) is 11.5 Å². The third-order valence-electron chi connectivity index (χ3n) is 9.70. The lowest BCUT2D eigenvalue weighted by Gasteiger charge is -2.22. The zero-order valence-corrected chi connectivity index (χ0v) is 31.2. The Balaban J connectivity index is 1.43. The third kappa shape index (κ3) is 10.5. The zero-order chi connectivity index (χ0) is 34.1. The van der Waals surface area contributed by atoms with Gasteiger partial charge in [-0.05, 0) is 36.5 Å². The van der Waals surface area contributed by atoms with E-state index in [0.29, 0.717) is 10.8 Å². The van der Waals surface area contributed by atoms with Crippen LogP contribution in [0.4, 0.5) is 0 Å². The van der Waals surface area contributed by atoms with Crippen LogP contribution in [-0.2, 0) is 0 Å². The molecule has 262 valence electrons. The predicted molar refractivity (Wildman–Crippen MR) is 206 cm³/mol. The summed E-state index contributed by atoms with van der Waals surface area (Å²) in [6.07, 6.45) is 26.0. The van der Waals surface area contributed by atoms with Crippen molar-refractivity contribution >= 4 is 45.9 Å². The normalized spacial score (nSPS) is 12.5. The van der Waals surface area contributed by atoms with Crippen molar-refractivity contribution < 1.29 is 19.8 Å². The number of rotatable bonds is 24. The van der Waals surface area contributed by atoms with Crippen molar-refractivity contribution in [1.82, 2.24) is 0 Å². The molecule has 0 heterocycles. The van der Waals surface area contributed by atoms with E-state index < -0.39 is 11.6 Å². The molecule has 48 heavy (non-hydrogen) atoms. The van der Waals surface area contributed by atoms with Gasteiger partial charge in [-0.15, -0.1) is 23.5 Å². The van der Waals surface area contributed by atoms with Crippen molar-refractivity contribution in [3.63, 3.8) is 0 Å². The van der Waals surface area contributed by atoms with Crippen molar-refractivity contribution in [1.29, 1.82) is 0 Å². The maximum atomic E-state index is 13.5. The molecule has 0 amide bonds. The molecule has 0 aliphatic heterocycles. The van der Waals surface area contributed by atoms with Crippen LogP contribution in [0.3, 0.4) is 0 Å². The number of aromatic hydroxyl groups is 2. The van der Waals surface area contributed by atoms with Gasteiger partial charge >= 0.3 is 0 Å². The number of benzene rings is 3. The van der Waals surface area contributed by atoms with E-state index in [9.17, 15) is 19.8 Å². The van der Waals surface area contributed by atoms with Crippen molar-refractivity contribution in [3.05, 3.63) is 58.7 Å². The first kappa shape index (κ1) is 38.4. The molecule has 0 radical (unpaired) electrons. The summed E-state index contributed by atoms with van der Waals surface area (Å²) in [6.45, 7) is 4.52. The molecule has 1 aliphatic rings. The Hall–Kier alpha value is -2.44. The van der Waals surface area contributed by atoms with Gasteiger partial charge in [-0.25, -0.2) is 0 Å². The number of hydrogen-bond donors (Lipinski definition) is 2. The molecule has 2 N–H and O–H groups in total. The minimum absolute atomic E-state index is 0.0832. The fourth-order valence-electron chi connectivity index (χ4n) is 6.82. The maximum absolute atomic E-state index is 13.5. The molecule has 4 nitrogen and oxygen atoms in total. The fourth-order valence-corrected chi connectivity index (χ4v) is 9.11. The Bertz CT molecular complexity index is 1370. The summed E-state index contributed by atoms with van der Waals surface area (Å²) < 4.78 is 0. The largest absolute Gasteiger partial charge is 0.506 e. The summed E-state index contributed by atoms with van der Waals surface area (Å²) in [5.41, 5.74) is 0.367. The van der Waals surface area contributed by atoms with Gasteiger partial charge in [0, 0.05) is 31.7 Å². The lowest BCUT2D eigenvalue weighted by atomic mass is 9.81. The van der Waals surface area contributed by atoms with Gasteiger partial charge in [0.05, 0.1) is 11.1 Å². The molecule has 0 saturated carbocycles. The van der Waals surface area contributed by atoms with Crippen molar-refractivity contribution in [2.24, 2.45) is 0 Å². The number of ketones is 2. The fraction of sp³-hybridized carbons (Fsp3) is 0.571. The first-order valence-electron chi connectivity index (χ1n) is 19.0. The topological polar surface area (TPSA) is 74.6 Å². The number of phenols is 2. The van der Waals surface area contributed by atoms with Gasteiger partial charge in [0.1, 0.15) is 11.5 Å². The molecule has 0 aromatic heterocycles. The average Bonchev–Trinajstić information content (AvgIpc) is 3.10. The van der Waals surface area contributed by atoms with E-state index in [0.717, 1.165) is 34.1 Å². The Morgan fingerprint density at radius 3 is 1.12 bits per heavy atom. The molecule has 3 aromatic carbocycles. The van der Waals surface area contributed by atoms with Crippen LogP contribution in [0.1, 0.15) is 174 Å². The highest BCUT2D eigenvalue weighted by Crippen LogP contribution is 2.47. The van der Waals surface area contributed by atoms with Gasteiger partial charge in [0.2, 0.25) is 0 Å². The summed E-state index contributed by atoms with van der Waals surface area (Å²) in [5.74, 6) is 0.699. The molecule has 4 rings (SSSR count). The summed E-state index contributed by atoms with van der Waals surface area (Å²) in [6, 6.07) is 10.5. The van der Waals surface area contributed by atoms with Crippen LogP contribution in [0.25, 0.3) is 10.8 Å². The molecule has 6 heteroatoms. The van der Waals surface area contributed by atoms with Gasteiger partial charge in [-0.1, -0.05) is 154 Å². The highest BCUT2D eigenvalue weighted by Gasteiger charge is 2.36. The van der Waals surface area contributed by atoms with E-state index in [1.165, 1.54) is 116 Å². The highest BCUT2D eigenvalue weighted by molar-refractivity contribution is 8.02. The van der Waals surface area contributed by atoms with Crippen LogP contribution >= 0.6 is 23.5 Å². The van der Waals surface area contributed by atoms with Crippen LogP contribution in [-0.4, -0.2) is 33.3 Å². The Morgan fingerprint density at radius 1 is 0.479 bits per heavy atom. The Kier molecular flexibility index (Phi) is 16.7. The second-order valence-electron chi connectivity index (χ2n) is 13.6. The van der Waals surface area contributed by atoms with Gasteiger partial charge in [0.25, 0.3) is 0 Å². The molecular weight excluding hydrogens is 633 g/mol. The second-order valence-corrected chi connectivity index (χ2v) is 15.8. The standard InChI is InChI=1S/C42H58O4S2/c1-3-5-7-9-11-13-15-17-19-23-27-47-35-29-33-34(30-36(35)48-28-24-20-18-16-14-12-10-8-6-4-2)42(46)38-37(41(33)45)39(43)31-25-21-22-26-32(31)40(38)44/h21-22,25-26,29-30,45-46H,3-20,23-24,27-28H2,1-2H3. The second kappa shape index (κ2) is 20.9. The number of thioether (sulfide) groups is 2. The molecule has 0 unspecified atom stereocenters. The number of carbonyl (C=O) groups is 2. The summed E-state index contributed by atoms with van der Waals surface area (Å²) >= 11 is 3.60. The minimum atomic E-state index is -0.422. The van der Waals surface area contributed by atoms with Crippen molar-refractivity contribution in [2.45, 2.75) is 152 Å². The van der Waals surface area contributed by atoms with Crippen LogP contribution in [0.2, 0.25) is 0 Å². The zero-order valence-electron chi connectivity index (χ0n) is 29.5. The Labute approximate surface area is 298 Å². The van der Waals surface area contributed by atoms with Crippen LogP contribution in [0, 0.1) is 0 Å². The quantitative estimate of drug-likeness (QED) is 0.0433. The molecule has 0 atom stereocenters. The molecule has 0 spiro atoms. The maximum Gasteiger partial charge on any atom is 0.198 e. The van der Waals surface area contributed by atoms with Gasteiger partial charge in [-0.3, -0.25) is 9.59 Å². The number of fused-ring (bicyclic) bond motifs is 3. The van der Waals surface area contributed by atoms with E-state index in [1.807, 2.05) is 12.1 Å². The Morgan fingerprint density at radius 2 is 0.792 bits per heavy atom. The van der Waals surface area contributed by atoms with E-state index in [-0.39, 0.29) is 33.8 Å². The predicted octanol–water partition coefficient (Wildman–Crippen LogP) is 13.1. The minimum Gasteiger partial charge on any atom is -0.506 e. The molecule has 1 aliphatic carbocycles. The average molecular weight is 691 g/mol. The number of carbonyl (C=O) groups excluding carboxylic acids is 2. The van der Waals surface area contributed by atoms with Crippen LogP contribution < -0.4 is 0 Å². The first-order valence-corrected chi connectivity index (χ1v) is 21.0. The SMILES string of the molecule is CCCCCCCCCCCCSc1cc2c(O)c3c(c(O)c2cc1SCCCCCCCCCCCC)C(=O)c1ccccc1C3=O. The molecular formula is C42H58O4S2.